The smallest absolute Gasteiger partial charge is 0.0920 e. The van der Waals surface area contributed by atoms with Crippen molar-refractivity contribution in [3.05, 3.63) is 318 Å². The summed E-state index contributed by atoms with van der Waals surface area (Å²) in [6.45, 7) is 18.2. The maximum absolute atomic E-state index is 6.61. The second-order valence-electron chi connectivity index (χ2n) is 27.9. The molecule has 14 rings (SSSR count). The number of hydrogen-bond acceptors (Lipinski definition) is 3. The Kier molecular flexibility index (Phi) is 16.9. The zero-order valence-electron chi connectivity index (χ0n) is 53.9. The van der Waals surface area contributed by atoms with Crippen molar-refractivity contribution in [1.82, 2.24) is 0 Å². The van der Waals surface area contributed by atoms with E-state index in [4.69, 9.17) is 4.74 Å². The number of fused-ring (bicyclic) bond motifs is 6. The molecule has 8 aromatic rings. The van der Waals surface area contributed by atoms with Crippen LogP contribution in [-0.2, 0) is 15.6 Å². The third-order valence-corrected chi connectivity index (χ3v) is 21.4. The van der Waals surface area contributed by atoms with E-state index in [1.54, 1.807) is 5.57 Å². The van der Waals surface area contributed by atoms with Gasteiger partial charge >= 0.3 is 0 Å². The number of unbranched alkanes of at least 4 members (excludes halogenated alkanes) is 1. The van der Waals surface area contributed by atoms with Crippen molar-refractivity contribution in [3.63, 3.8) is 0 Å². The first kappa shape index (κ1) is 59.7. The van der Waals surface area contributed by atoms with Crippen LogP contribution in [0.15, 0.2) is 279 Å². The lowest BCUT2D eigenvalue weighted by Gasteiger charge is -2.42. The van der Waals surface area contributed by atoms with E-state index in [1.807, 2.05) is 12.2 Å². The van der Waals surface area contributed by atoms with Gasteiger partial charge < -0.3 is 14.5 Å². The molecule has 0 saturated heterocycles. The molecule has 0 spiro atoms. The average Bonchev–Trinajstić information content (AvgIpc) is 1.59. The topological polar surface area (TPSA) is 15.7 Å². The standard InChI is InChI=1S/C88H88N2O/c1-7-62-26-30-65(31-27-62)67-38-51-78(52-39-67)91-60-61(3)19-17-18-56-88(73-44-42-72(43-45-73)87(4,5)6)83-25-16-15-24-79(83)80-53-50-77(59-84(80)88)89(75-46-34-66(35-47-75)64-20-11-9-12-21-64)76-48-36-69(37-49-76)71-41-55-86-82(58-71)81-57-70(68-32-28-63(8-2)29-33-68)40-54-85(81)90(86)74-22-13-10-14-23-74/h7-16,20-37,40-49,51,54-55,58-59,61,67,77,79-81,83H,1-2,17-19,38-39,50,52-53,56-57,60H2,3-6H3. The van der Waals surface area contributed by atoms with Crippen LogP contribution in [0.2, 0.25) is 0 Å². The van der Waals surface area contributed by atoms with Gasteiger partial charge in [0, 0.05) is 46.2 Å². The van der Waals surface area contributed by atoms with Crippen molar-refractivity contribution in [1.29, 1.82) is 0 Å². The summed E-state index contributed by atoms with van der Waals surface area (Å²) in [5.74, 6) is 3.76. The van der Waals surface area contributed by atoms with E-state index >= 15 is 0 Å². The van der Waals surface area contributed by atoms with Gasteiger partial charge in [0.1, 0.15) is 0 Å². The van der Waals surface area contributed by atoms with Gasteiger partial charge in [-0.05, 0) is 207 Å². The Morgan fingerprint density at radius 2 is 1.29 bits per heavy atom. The summed E-state index contributed by atoms with van der Waals surface area (Å²) < 4.78 is 6.61. The molecular formula is C88H88N2O. The molecule has 8 unspecified atom stereocenters. The molecule has 0 N–H and O–H groups in total. The molecule has 0 radical (unpaired) electrons. The van der Waals surface area contributed by atoms with Gasteiger partial charge in [-0.15, -0.1) is 0 Å². The largest absolute Gasteiger partial charge is 0.498 e. The van der Waals surface area contributed by atoms with Crippen molar-refractivity contribution >= 4 is 40.5 Å². The van der Waals surface area contributed by atoms with Crippen LogP contribution >= 0.6 is 0 Å². The zero-order chi connectivity index (χ0) is 62.1. The number of rotatable bonds is 19. The molecule has 1 heterocycles. The number of ether oxygens (including phenoxy) is 1. The second kappa shape index (κ2) is 25.8. The number of hydrogen-bond donors (Lipinski definition) is 0. The Morgan fingerprint density at radius 3 is 1.96 bits per heavy atom. The highest BCUT2D eigenvalue weighted by Gasteiger charge is 2.57. The van der Waals surface area contributed by atoms with Crippen molar-refractivity contribution in [2.75, 3.05) is 16.4 Å². The molecule has 6 aliphatic rings. The highest BCUT2D eigenvalue weighted by molar-refractivity contribution is 5.85. The van der Waals surface area contributed by atoms with Crippen LogP contribution < -0.4 is 9.80 Å². The molecule has 91 heavy (non-hydrogen) atoms. The second-order valence-corrected chi connectivity index (χ2v) is 27.9. The van der Waals surface area contributed by atoms with Gasteiger partial charge in [0.15, 0.2) is 0 Å². The van der Waals surface area contributed by atoms with E-state index in [-0.39, 0.29) is 22.8 Å². The van der Waals surface area contributed by atoms with Crippen LogP contribution in [-0.4, -0.2) is 12.6 Å². The van der Waals surface area contributed by atoms with Crippen molar-refractivity contribution in [3.8, 4) is 22.3 Å². The minimum Gasteiger partial charge on any atom is -0.498 e. The summed E-state index contributed by atoms with van der Waals surface area (Å²) in [6, 6.07) is 75.8. The average molecular weight is 1190 g/mol. The monoisotopic (exact) mass is 1190 g/mol. The third kappa shape index (κ3) is 11.9. The van der Waals surface area contributed by atoms with Gasteiger partial charge in [-0.25, -0.2) is 0 Å². The zero-order valence-corrected chi connectivity index (χ0v) is 53.9. The molecule has 0 aromatic heterocycles. The van der Waals surface area contributed by atoms with Crippen LogP contribution in [0.1, 0.15) is 143 Å². The fourth-order valence-corrected chi connectivity index (χ4v) is 16.4. The summed E-state index contributed by atoms with van der Waals surface area (Å²) in [5.41, 5.74) is 23.4. The van der Waals surface area contributed by atoms with E-state index in [9.17, 15) is 0 Å². The molecule has 1 saturated carbocycles. The Morgan fingerprint density at radius 1 is 0.648 bits per heavy atom. The van der Waals surface area contributed by atoms with Crippen LogP contribution in [0.3, 0.4) is 0 Å². The molecule has 0 amide bonds. The summed E-state index contributed by atoms with van der Waals surface area (Å²) in [5, 5.41) is 0. The van der Waals surface area contributed by atoms with E-state index < -0.39 is 0 Å². The van der Waals surface area contributed by atoms with Crippen molar-refractivity contribution in [2.45, 2.75) is 121 Å². The Bertz CT molecular complexity index is 4100. The lowest BCUT2D eigenvalue weighted by atomic mass is 9.63. The van der Waals surface area contributed by atoms with Gasteiger partial charge in [0.2, 0.25) is 0 Å². The van der Waals surface area contributed by atoms with Gasteiger partial charge in [-0.2, -0.15) is 0 Å². The van der Waals surface area contributed by atoms with Crippen molar-refractivity contribution in [2.24, 2.45) is 23.7 Å². The number of allylic oxidation sites excluding steroid dienone is 11. The molecule has 8 atom stereocenters. The minimum absolute atomic E-state index is 0.0634. The van der Waals surface area contributed by atoms with Crippen LogP contribution in [0.4, 0.5) is 22.7 Å². The predicted octanol–water partition coefficient (Wildman–Crippen LogP) is 23.4. The molecule has 1 fully saturated rings. The summed E-state index contributed by atoms with van der Waals surface area (Å²) in [6.07, 6.45) is 34.6. The maximum atomic E-state index is 6.61. The van der Waals surface area contributed by atoms with Crippen LogP contribution in [0.25, 0.3) is 40.0 Å². The molecule has 1 aliphatic heterocycles. The first-order chi connectivity index (χ1) is 44.5. The fraction of sp³-hybridized carbons (Fsp3) is 0.273. The first-order valence-electron chi connectivity index (χ1n) is 33.9. The third-order valence-electron chi connectivity index (χ3n) is 21.4. The fourth-order valence-electron chi connectivity index (χ4n) is 16.4. The normalized spacial score (nSPS) is 22.5. The number of benzene rings is 8. The molecule has 0 bridgehead atoms. The van der Waals surface area contributed by atoms with E-state index in [0.717, 1.165) is 70.0 Å². The first-order valence-corrected chi connectivity index (χ1v) is 33.9. The lowest BCUT2D eigenvalue weighted by molar-refractivity contribution is 0.151. The van der Waals surface area contributed by atoms with E-state index in [0.29, 0.717) is 29.6 Å². The minimum atomic E-state index is -0.142. The SMILES string of the molecule is C=Cc1ccc(C2=CC=C3C(C2)c2cc(-c4ccc(N(c5ccc(-c6ccccc6)cc5)C5C=C6C(CC5)C5C=CC=CC5C6(CCCCC(C)COC5=CCC(c6ccc(C=C)cc6)CC5)c5ccc(C(C)(C)C)cc5)cc4)ccc2N3c2ccccc2)cc1. The van der Waals surface area contributed by atoms with Gasteiger partial charge in [0.05, 0.1) is 18.4 Å². The Labute approximate surface area is 543 Å². The molecule has 3 nitrogen and oxygen atoms in total. The molecule has 5 aliphatic carbocycles. The summed E-state index contributed by atoms with van der Waals surface area (Å²) in [4.78, 5) is 5.17. The van der Waals surface area contributed by atoms with Gasteiger partial charge in [0.25, 0.3) is 0 Å². The maximum Gasteiger partial charge on any atom is 0.0920 e. The highest BCUT2D eigenvalue weighted by atomic mass is 16.5. The Balaban J connectivity index is 0.777. The van der Waals surface area contributed by atoms with Crippen LogP contribution in [0.5, 0.6) is 0 Å². The van der Waals surface area contributed by atoms with Crippen molar-refractivity contribution < 1.29 is 4.74 Å². The quantitative estimate of drug-likeness (QED) is 0.0593. The number of nitrogens with zero attached hydrogens (tertiary/aromatic N) is 2. The Hall–Kier alpha value is -8.92. The molecule has 3 heteroatoms. The summed E-state index contributed by atoms with van der Waals surface area (Å²) >= 11 is 0. The molecule has 456 valence electrons. The molecular weight excluding hydrogens is 1100 g/mol. The van der Waals surface area contributed by atoms with Crippen LogP contribution in [0, 0.1) is 23.7 Å². The van der Waals surface area contributed by atoms with Gasteiger partial charge in [-0.3, -0.25) is 0 Å². The number of anilines is 4. The van der Waals surface area contributed by atoms with E-state index in [1.165, 1.54) is 102 Å². The summed E-state index contributed by atoms with van der Waals surface area (Å²) in [7, 11) is 0. The molecule has 8 aromatic carbocycles. The van der Waals surface area contributed by atoms with E-state index in [2.05, 4.69) is 299 Å². The lowest BCUT2D eigenvalue weighted by Crippen LogP contribution is -2.37. The van der Waals surface area contributed by atoms with Gasteiger partial charge in [-0.1, -0.05) is 260 Å². The highest BCUT2D eigenvalue weighted by Crippen LogP contribution is 2.63. The number of para-hydroxylation sites is 1. The predicted molar refractivity (Wildman–Crippen MR) is 386 cm³/mol.